The normalized spacial score (nSPS) is 17.0. The van der Waals surface area contributed by atoms with Crippen LogP contribution in [0.5, 0.6) is 0 Å². The van der Waals surface area contributed by atoms with Crippen LogP contribution in [0.15, 0.2) is 36.4 Å². The summed E-state index contributed by atoms with van der Waals surface area (Å²) in [6.07, 6.45) is 2.27. The number of hydrogen-bond acceptors (Lipinski definition) is 6. The third-order valence-corrected chi connectivity index (χ3v) is 6.24. The summed E-state index contributed by atoms with van der Waals surface area (Å²) in [5.74, 6) is 7.33. The van der Waals surface area contributed by atoms with Crippen LogP contribution in [-0.2, 0) is 11.3 Å². The second-order valence-electron chi connectivity index (χ2n) is 8.58. The van der Waals surface area contributed by atoms with E-state index >= 15 is 4.39 Å². The Balaban J connectivity index is 1.59. The van der Waals surface area contributed by atoms with Crippen molar-refractivity contribution >= 4 is 34.1 Å². The summed E-state index contributed by atoms with van der Waals surface area (Å²) in [5.41, 5.74) is 9.50. The molecule has 0 radical (unpaired) electrons. The Morgan fingerprint density at radius 2 is 2.00 bits per heavy atom. The molecule has 3 heterocycles. The maximum atomic E-state index is 15.2. The predicted octanol–water partition coefficient (Wildman–Crippen LogP) is 3.82. The minimum atomic E-state index is -0.385. The van der Waals surface area contributed by atoms with E-state index in [-0.39, 0.29) is 17.2 Å². The van der Waals surface area contributed by atoms with Crippen molar-refractivity contribution in [3.63, 3.8) is 0 Å². The van der Waals surface area contributed by atoms with Crippen LogP contribution in [0.25, 0.3) is 16.7 Å². The van der Waals surface area contributed by atoms with Crippen LogP contribution in [0, 0.1) is 23.1 Å². The van der Waals surface area contributed by atoms with Gasteiger partial charge < -0.3 is 15.4 Å². The Bertz CT molecular complexity index is 1450. The largest absolute Gasteiger partial charge is 0.375 e. The number of nitrogen functional groups attached to an aromatic ring is 1. The molecule has 2 N–H and O–H groups in total. The molecule has 160 valence electrons. The fourth-order valence-electron chi connectivity index (χ4n) is 4.16. The summed E-state index contributed by atoms with van der Waals surface area (Å²) in [5, 5.41) is 8.39. The maximum Gasteiger partial charge on any atom is 0.258 e. The van der Waals surface area contributed by atoms with E-state index in [1.54, 1.807) is 16.5 Å². The lowest BCUT2D eigenvalue weighted by Crippen LogP contribution is -2.23. The van der Waals surface area contributed by atoms with Gasteiger partial charge in [0.15, 0.2) is 0 Å². The molecule has 4 aromatic rings. The molecule has 0 amide bonds. The third-order valence-electron chi connectivity index (χ3n) is 6.24. The zero-order valence-corrected chi connectivity index (χ0v) is 17.6. The summed E-state index contributed by atoms with van der Waals surface area (Å²) in [4.78, 5) is 6.67. The van der Waals surface area contributed by atoms with Gasteiger partial charge in [0.2, 0.25) is 5.95 Å². The van der Waals surface area contributed by atoms with Gasteiger partial charge in [0.05, 0.1) is 24.1 Å². The first-order chi connectivity index (χ1) is 15.5. The zero-order chi connectivity index (χ0) is 21.9. The van der Waals surface area contributed by atoms with E-state index in [1.807, 2.05) is 23.1 Å². The molecule has 8 heteroatoms. The van der Waals surface area contributed by atoms with Crippen molar-refractivity contribution in [2.75, 3.05) is 23.8 Å². The van der Waals surface area contributed by atoms with E-state index in [1.165, 1.54) is 6.07 Å². The molecule has 0 spiro atoms. The van der Waals surface area contributed by atoms with Crippen LogP contribution in [0.2, 0.25) is 0 Å². The van der Waals surface area contributed by atoms with Crippen LogP contribution < -0.4 is 10.6 Å². The molecule has 6 rings (SSSR count). The number of anilines is 3. The summed E-state index contributed by atoms with van der Waals surface area (Å²) in [6, 6.07) is 10.9. The van der Waals surface area contributed by atoms with Crippen molar-refractivity contribution in [2.45, 2.75) is 26.4 Å². The van der Waals surface area contributed by atoms with E-state index in [9.17, 15) is 0 Å². The van der Waals surface area contributed by atoms with E-state index in [0.717, 1.165) is 29.7 Å². The molecule has 2 aromatic carbocycles. The first-order valence-corrected chi connectivity index (χ1v) is 10.6. The van der Waals surface area contributed by atoms with E-state index in [2.05, 4.69) is 33.9 Å². The predicted molar refractivity (Wildman–Crippen MR) is 120 cm³/mol. The SMILES string of the molecule is CC1(C#Cc2cccc3c2COCCN3c2nc3nnc(N)n3c3cccc(F)c23)CC1. The number of benzene rings is 2. The van der Waals surface area contributed by atoms with E-state index in [0.29, 0.717) is 42.3 Å². The Morgan fingerprint density at radius 3 is 2.84 bits per heavy atom. The molecule has 1 aliphatic heterocycles. The van der Waals surface area contributed by atoms with E-state index in [4.69, 9.17) is 10.5 Å². The number of ether oxygens (including phenoxy) is 1. The lowest BCUT2D eigenvalue weighted by molar-refractivity contribution is 0.133. The summed E-state index contributed by atoms with van der Waals surface area (Å²) in [7, 11) is 0. The number of rotatable bonds is 1. The molecule has 0 unspecified atom stereocenters. The summed E-state index contributed by atoms with van der Waals surface area (Å²) in [6.45, 7) is 3.60. The average Bonchev–Trinajstić information content (AvgIpc) is 3.47. The van der Waals surface area contributed by atoms with Crippen molar-refractivity contribution < 1.29 is 9.13 Å². The van der Waals surface area contributed by atoms with Gasteiger partial charge in [0.25, 0.3) is 5.78 Å². The highest BCUT2D eigenvalue weighted by Gasteiger charge is 2.35. The molecule has 1 aliphatic carbocycles. The van der Waals surface area contributed by atoms with Gasteiger partial charge in [0.1, 0.15) is 11.6 Å². The molecule has 1 fully saturated rings. The molecule has 0 bridgehead atoms. The van der Waals surface area contributed by atoms with Gasteiger partial charge in [-0.25, -0.2) is 8.79 Å². The van der Waals surface area contributed by atoms with Gasteiger partial charge in [-0.1, -0.05) is 24.0 Å². The van der Waals surface area contributed by atoms with Crippen LogP contribution in [0.1, 0.15) is 30.9 Å². The van der Waals surface area contributed by atoms with Gasteiger partial charge in [0, 0.05) is 28.8 Å². The third kappa shape index (κ3) is 2.97. The smallest absolute Gasteiger partial charge is 0.258 e. The first kappa shape index (κ1) is 19.0. The molecule has 2 aromatic heterocycles. The monoisotopic (exact) mass is 428 g/mol. The van der Waals surface area contributed by atoms with Crippen molar-refractivity contribution in [1.29, 1.82) is 0 Å². The highest BCUT2D eigenvalue weighted by molar-refractivity contribution is 5.95. The van der Waals surface area contributed by atoms with E-state index < -0.39 is 0 Å². The number of halogens is 1. The zero-order valence-electron chi connectivity index (χ0n) is 17.6. The Hall–Kier alpha value is -3.70. The number of fused-ring (bicyclic) bond motifs is 4. The van der Waals surface area contributed by atoms with Crippen molar-refractivity contribution in [3.05, 3.63) is 53.3 Å². The molecule has 7 nitrogen and oxygen atoms in total. The molecular formula is C24H21FN6O. The lowest BCUT2D eigenvalue weighted by atomic mass is 10.0. The molecule has 0 saturated heterocycles. The van der Waals surface area contributed by atoms with Crippen molar-refractivity contribution in [2.24, 2.45) is 5.41 Å². The molecular weight excluding hydrogens is 407 g/mol. The number of nitrogens with zero attached hydrogens (tertiary/aromatic N) is 5. The molecule has 32 heavy (non-hydrogen) atoms. The van der Waals surface area contributed by atoms with Gasteiger partial charge in [-0.2, -0.15) is 4.98 Å². The summed E-state index contributed by atoms with van der Waals surface area (Å²) >= 11 is 0. The molecule has 1 saturated carbocycles. The maximum absolute atomic E-state index is 15.2. The number of hydrogen-bond donors (Lipinski definition) is 1. The minimum absolute atomic E-state index is 0.119. The fraction of sp³-hybridized carbons (Fsp3) is 0.292. The highest BCUT2D eigenvalue weighted by Crippen LogP contribution is 2.44. The van der Waals surface area contributed by atoms with Gasteiger partial charge in [-0.3, -0.25) is 0 Å². The highest BCUT2D eigenvalue weighted by atomic mass is 19.1. The molecule has 0 atom stereocenters. The Labute approximate surface area is 184 Å². The number of nitrogens with two attached hydrogens (primary N) is 1. The Kier molecular flexibility index (Phi) is 4.10. The first-order valence-electron chi connectivity index (χ1n) is 10.6. The second-order valence-corrected chi connectivity index (χ2v) is 8.58. The summed E-state index contributed by atoms with van der Waals surface area (Å²) < 4.78 is 22.6. The quantitative estimate of drug-likeness (QED) is 0.464. The van der Waals surface area contributed by atoms with Crippen molar-refractivity contribution in [3.8, 4) is 11.8 Å². The van der Waals surface area contributed by atoms with Crippen molar-refractivity contribution in [1.82, 2.24) is 19.6 Å². The van der Waals surface area contributed by atoms with Gasteiger partial charge in [-0.05, 0) is 44.0 Å². The Morgan fingerprint density at radius 1 is 1.16 bits per heavy atom. The van der Waals surface area contributed by atoms with Crippen LogP contribution in [-0.4, -0.2) is 32.7 Å². The average molecular weight is 428 g/mol. The molecule has 2 aliphatic rings. The van der Waals surface area contributed by atoms with Crippen LogP contribution >= 0.6 is 0 Å². The lowest BCUT2D eigenvalue weighted by Gasteiger charge is -2.25. The number of aromatic nitrogens is 4. The van der Waals surface area contributed by atoms with Crippen LogP contribution in [0.3, 0.4) is 0 Å². The second kappa shape index (κ2) is 6.90. The van der Waals surface area contributed by atoms with Gasteiger partial charge in [-0.15, -0.1) is 10.2 Å². The standard InChI is InChI=1S/C24H21FN6O/c1-24(10-11-24)9-8-15-4-2-6-18-16(15)14-32-13-12-30(18)21-20-17(25)5-3-7-19(20)31-22(26)28-29-23(31)27-21/h2-7H,10-14H2,1H3,(H2,26,28). The fourth-order valence-corrected chi connectivity index (χ4v) is 4.16. The van der Waals surface area contributed by atoms with Crippen LogP contribution in [0.4, 0.5) is 21.8 Å². The topological polar surface area (TPSA) is 81.6 Å². The van der Waals surface area contributed by atoms with Gasteiger partial charge >= 0.3 is 0 Å². The minimum Gasteiger partial charge on any atom is -0.375 e.